The zero-order valence-electron chi connectivity index (χ0n) is 15.1. The van der Waals surface area contributed by atoms with Gasteiger partial charge in [-0.2, -0.15) is 9.61 Å². The third-order valence-corrected chi connectivity index (χ3v) is 4.52. The van der Waals surface area contributed by atoms with Gasteiger partial charge in [-0.25, -0.2) is 14.2 Å². The van der Waals surface area contributed by atoms with Crippen LogP contribution in [0, 0.1) is 5.82 Å². The highest BCUT2D eigenvalue weighted by Crippen LogP contribution is 2.13. The van der Waals surface area contributed by atoms with Crippen molar-refractivity contribution >= 4 is 22.3 Å². The number of aromatic nitrogens is 3. The first-order chi connectivity index (χ1) is 13.5. The normalized spacial score (nSPS) is 10.9. The molecule has 8 nitrogen and oxygen atoms in total. The molecule has 0 aliphatic rings. The Bertz CT molecular complexity index is 1000. The molecule has 0 saturated heterocycles. The van der Waals surface area contributed by atoms with Crippen LogP contribution in [0.4, 0.5) is 4.39 Å². The highest BCUT2D eigenvalue weighted by Gasteiger charge is 2.11. The first kappa shape index (κ1) is 19.9. The Morgan fingerprint density at radius 1 is 1.29 bits per heavy atom. The molecule has 1 aromatic carbocycles. The van der Waals surface area contributed by atoms with E-state index >= 15 is 0 Å². The summed E-state index contributed by atoms with van der Waals surface area (Å²) in [4.78, 5) is 28.7. The molecule has 28 heavy (non-hydrogen) atoms. The summed E-state index contributed by atoms with van der Waals surface area (Å²) in [5.41, 5.74) is -0.0299. The van der Waals surface area contributed by atoms with Gasteiger partial charge in [0.2, 0.25) is 4.96 Å². The van der Waals surface area contributed by atoms with Gasteiger partial charge in [0, 0.05) is 19.1 Å². The van der Waals surface area contributed by atoms with Crippen LogP contribution in [0.1, 0.15) is 17.6 Å². The molecule has 0 radical (unpaired) electrons. The molecule has 0 unspecified atom stereocenters. The first-order valence-corrected chi connectivity index (χ1v) is 9.37. The van der Waals surface area contributed by atoms with Gasteiger partial charge in [-0.3, -0.25) is 4.79 Å². The van der Waals surface area contributed by atoms with Crippen LogP contribution in [0.15, 0.2) is 35.1 Å². The van der Waals surface area contributed by atoms with E-state index in [-0.39, 0.29) is 18.8 Å². The zero-order chi connectivity index (χ0) is 19.9. The van der Waals surface area contributed by atoms with Crippen LogP contribution in [0.2, 0.25) is 0 Å². The lowest BCUT2D eigenvalue weighted by Gasteiger charge is -2.06. The van der Waals surface area contributed by atoms with E-state index in [1.165, 1.54) is 46.2 Å². The van der Waals surface area contributed by atoms with E-state index in [1.807, 2.05) is 6.92 Å². The molecule has 0 spiro atoms. The van der Waals surface area contributed by atoms with Crippen LogP contribution in [-0.2, 0) is 27.3 Å². The molecule has 0 atom stereocenters. The molecule has 0 fully saturated rings. The largest absolute Gasteiger partial charge is 0.482 e. The molecule has 0 amide bonds. The van der Waals surface area contributed by atoms with Crippen molar-refractivity contribution in [1.82, 2.24) is 14.6 Å². The fourth-order valence-electron chi connectivity index (χ4n) is 2.24. The van der Waals surface area contributed by atoms with Crippen molar-refractivity contribution in [2.24, 2.45) is 0 Å². The van der Waals surface area contributed by atoms with E-state index in [2.05, 4.69) is 10.1 Å². The fourth-order valence-corrected chi connectivity index (χ4v) is 3.14. The van der Waals surface area contributed by atoms with Gasteiger partial charge >= 0.3 is 5.97 Å². The number of carbonyl (C=O) groups excluding carboxylic acids is 1. The summed E-state index contributed by atoms with van der Waals surface area (Å²) in [6.07, 6.45) is 0.590. The molecule has 2 heterocycles. The first-order valence-electron chi connectivity index (χ1n) is 8.55. The number of hydrogen-bond donors (Lipinski definition) is 0. The lowest BCUT2D eigenvalue weighted by Crippen LogP contribution is -2.18. The van der Waals surface area contributed by atoms with Crippen molar-refractivity contribution in [3.05, 3.63) is 57.2 Å². The lowest BCUT2D eigenvalue weighted by atomic mass is 10.3. The number of rotatable bonds is 9. The van der Waals surface area contributed by atoms with Crippen LogP contribution in [0.5, 0.6) is 5.75 Å². The number of nitrogens with zero attached hydrogens (tertiary/aromatic N) is 3. The van der Waals surface area contributed by atoms with E-state index in [0.29, 0.717) is 36.0 Å². The van der Waals surface area contributed by atoms with Crippen LogP contribution < -0.4 is 10.3 Å². The maximum atomic E-state index is 12.8. The van der Waals surface area contributed by atoms with Gasteiger partial charge in [-0.15, -0.1) is 0 Å². The average Bonchev–Trinajstić information content (AvgIpc) is 3.10. The quantitative estimate of drug-likeness (QED) is 0.396. The molecular formula is C18H18FN3O5S. The van der Waals surface area contributed by atoms with Gasteiger partial charge in [0.1, 0.15) is 23.2 Å². The highest BCUT2D eigenvalue weighted by atomic mass is 32.1. The summed E-state index contributed by atoms with van der Waals surface area (Å²) < 4.78 is 29.6. The van der Waals surface area contributed by atoms with Gasteiger partial charge in [-0.1, -0.05) is 11.3 Å². The second-order valence-electron chi connectivity index (χ2n) is 5.63. The number of fused-ring (bicyclic) bond motifs is 1. The summed E-state index contributed by atoms with van der Waals surface area (Å²) >= 11 is 1.28. The Labute approximate surface area is 163 Å². The minimum absolute atomic E-state index is 0.163. The molecule has 0 aliphatic carbocycles. The predicted molar refractivity (Wildman–Crippen MR) is 99.0 cm³/mol. The van der Waals surface area contributed by atoms with Gasteiger partial charge in [-0.05, 0) is 31.2 Å². The lowest BCUT2D eigenvalue weighted by molar-refractivity contribution is -0.147. The molecule has 10 heteroatoms. The number of ether oxygens (including phenoxy) is 3. The highest BCUT2D eigenvalue weighted by molar-refractivity contribution is 7.16. The molecular weight excluding hydrogens is 389 g/mol. The monoisotopic (exact) mass is 407 g/mol. The zero-order valence-corrected chi connectivity index (χ0v) is 15.9. The molecule has 0 bridgehead atoms. The minimum atomic E-state index is -0.631. The Morgan fingerprint density at radius 3 is 2.82 bits per heavy atom. The third kappa shape index (κ3) is 5.33. The average molecular weight is 407 g/mol. The van der Waals surface area contributed by atoms with Crippen LogP contribution in [0.25, 0.3) is 4.96 Å². The molecule has 148 valence electrons. The van der Waals surface area contributed by atoms with E-state index in [9.17, 15) is 14.0 Å². The predicted octanol–water partition coefficient (Wildman–Crippen LogP) is 1.99. The maximum Gasteiger partial charge on any atom is 0.344 e. The van der Waals surface area contributed by atoms with Gasteiger partial charge < -0.3 is 14.2 Å². The Balaban J connectivity index is 1.56. The van der Waals surface area contributed by atoms with Crippen LogP contribution in [-0.4, -0.2) is 40.4 Å². The number of carbonyl (C=O) groups is 1. The molecule has 0 N–H and O–H groups in total. The molecule has 2 aromatic heterocycles. The summed E-state index contributed by atoms with van der Waals surface area (Å²) in [7, 11) is 0. The summed E-state index contributed by atoms with van der Waals surface area (Å²) in [6, 6.07) is 6.54. The third-order valence-electron chi connectivity index (χ3n) is 3.56. The van der Waals surface area contributed by atoms with Gasteiger partial charge in [0.15, 0.2) is 6.61 Å². The second-order valence-corrected chi connectivity index (χ2v) is 6.67. The second kappa shape index (κ2) is 9.38. The molecule has 0 aliphatic heterocycles. The van der Waals surface area contributed by atoms with Crippen molar-refractivity contribution < 1.29 is 23.4 Å². The number of hydrogen-bond acceptors (Lipinski definition) is 8. The number of benzene rings is 1. The van der Waals surface area contributed by atoms with Crippen molar-refractivity contribution in [3.8, 4) is 5.75 Å². The number of halogens is 1. The Hall–Kier alpha value is -2.85. The summed E-state index contributed by atoms with van der Waals surface area (Å²) in [5, 5.41) is 4.95. The van der Waals surface area contributed by atoms with E-state index in [0.717, 1.165) is 5.01 Å². The van der Waals surface area contributed by atoms with E-state index in [1.54, 1.807) is 0 Å². The SMILES string of the molecule is CCOCCc1nn2c(=O)cc(COC(=O)COc3ccc(F)cc3)nc2s1. The molecule has 3 rings (SSSR count). The molecule has 0 saturated carbocycles. The topological polar surface area (TPSA) is 92.0 Å². The van der Waals surface area contributed by atoms with Crippen molar-refractivity contribution in [1.29, 1.82) is 0 Å². The smallest absolute Gasteiger partial charge is 0.344 e. The standard InChI is InChI=1S/C18H18FN3O5S/c1-2-25-8-7-15-21-22-16(23)9-13(20-18(22)28-15)10-27-17(24)11-26-14-5-3-12(19)4-6-14/h3-6,9H,2,7-8,10-11H2,1H3. The molecule has 3 aromatic rings. The van der Waals surface area contributed by atoms with Crippen LogP contribution >= 0.6 is 11.3 Å². The van der Waals surface area contributed by atoms with E-state index in [4.69, 9.17) is 14.2 Å². The van der Waals surface area contributed by atoms with Gasteiger partial charge in [0.05, 0.1) is 12.3 Å². The van der Waals surface area contributed by atoms with Gasteiger partial charge in [0.25, 0.3) is 5.56 Å². The van der Waals surface area contributed by atoms with Crippen LogP contribution in [0.3, 0.4) is 0 Å². The number of esters is 1. The minimum Gasteiger partial charge on any atom is -0.482 e. The Morgan fingerprint density at radius 2 is 2.07 bits per heavy atom. The maximum absolute atomic E-state index is 12.8. The summed E-state index contributed by atoms with van der Waals surface area (Å²) in [6.45, 7) is 2.54. The van der Waals surface area contributed by atoms with Crippen molar-refractivity contribution in [2.45, 2.75) is 20.0 Å². The van der Waals surface area contributed by atoms with Crippen molar-refractivity contribution in [2.75, 3.05) is 19.8 Å². The fraction of sp³-hybridized carbons (Fsp3) is 0.333. The van der Waals surface area contributed by atoms with Crippen molar-refractivity contribution in [3.63, 3.8) is 0 Å². The summed E-state index contributed by atoms with van der Waals surface area (Å²) in [5.74, 6) is -0.680. The van der Waals surface area contributed by atoms with E-state index < -0.39 is 11.8 Å². The Kier molecular flexibility index (Phi) is 6.66.